The zero-order valence-electron chi connectivity index (χ0n) is 10.3. The van der Waals surface area contributed by atoms with Crippen molar-refractivity contribution in [1.82, 2.24) is 0 Å². The highest BCUT2D eigenvalue weighted by molar-refractivity contribution is 8.22. The van der Waals surface area contributed by atoms with Gasteiger partial charge in [-0.15, -0.1) is 0 Å². The third-order valence-corrected chi connectivity index (χ3v) is 3.41. The van der Waals surface area contributed by atoms with Crippen LogP contribution in [-0.2, 0) is 4.79 Å². The average Bonchev–Trinajstić information content (AvgIpc) is 2.39. The maximum absolute atomic E-state index is 11.1. The van der Waals surface area contributed by atoms with Gasteiger partial charge in [0.15, 0.2) is 0 Å². The van der Waals surface area contributed by atoms with Crippen molar-refractivity contribution >= 4 is 39.8 Å². The van der Waals surface area contributed by atoms with Crippen LogP contribution in [0.25, 0.3) is 0 Å². The Labute approximate surface area is 120 Å². The van der Waals surface area contributed by atoms with E-state index in [-0.39, 0.29) is 11.5 Å². The zero-order chi connectivity index (χ0) is 14.3. The van der Waals surface area contributed by atoms with Gasteiger partial charge in [-0.05, 0) is 24.4 Å². The molecule has 0 aromatic heterocycles. The van der Waals surface area contributed by atoms with E-state index in [9.17, 15) is 14.9 Å². The first-order valence-electron chi connectivity index (χ1n) is 5.63. The number of carbonyl (C=O) groups is 1. The smallest absolute Gasteiger partial charge is 0.269 e. The van der Waals surface area contributed by atoms with Gasteiger partial charge in [0.05, 0.1) is 4.92 Å². The molecule has 0 amide bonds. The number of hydrogen-bond acceptors (Lipinski definition) is 6. The van der Waals surface area contributed by atoms with Crippen molar-refractivity contribution in [3.8, 4) is 5.75 Å². The molecular formula is C12H13NO4S2. The highest BCUT2D eigenvalue weighted by Crippen LogP contribution is 2.19. The van der Waals surface area contributed by atoms with Gasteiger partial charge in [0.1, 0.15) is 11.5 Å². The van der Waals surface area contributed by atoms with Gasteiger partial charge in [-0.3, -0.25) is 14.9 Å². The van der Waals surface area contributed by atoms with Crippen LogP contribution < -0.4 is 4.74 Å². The fraction of sp³-hybridized carbons (Fsp3) is 0.333. The Morgan fingerprint density at radius 2 is 2.05 bits per heavy atom. The number of hydrogen-bond donors (Lipinski definition) is 0. The van der Waals surface area contributed by atoms with Crippen molar-refractivity contribution in [3.05, 3.63) is 34.4 Å². The second-order valence-corrected chi connectivity index (χ2v) is 5.29. The maximum Gasteiger partial charge on any atom is 0.269 e. The molecule has 0 aliphatic heterocycles. The summed E-state index contributed by atoms with van der Waals surface area (Å²) in [5.41, 5.74) is -0.000496. The Morgan fingerprint density at radius 3 is 2.58 bits per heavy atom. The van der Waals surface area contributed by atoms with E-state index in [4.69, 9.17) is 17.0 Å². The molecule has 0 radical (unpaired) electrons. The van der Waals surface area contributed by atoms with Crippen molar-refractivity contribution < 1.29 is 14.5 Å². The first-order valence-corrected chi connectivity index (χ1v) is 7.03. The van der Waals surface area contributed by atoms with Crippen molar-refractivity contribution in [2.75, 3.05) is 5.75 Å². The minimum absolute atomic E-state index is 0.000496. The molecular weight excluding hydrogens is 286 g/mol. The SMILES string of the molecule is CCC(=O)CCSC(=S)Oc1ccc([N+](=O)[O-])cc1. The van der Waals surface area contributed by atoms with Gasteiger partial charge in [0.2, 0.25) is 4.38 Å². The van der Waals surface area contributed by atoms with E-state index in [2.05, 4.69) is 0 Å². The predicted molar refractivity (Wildman–Crippen MR) is 78.7 cm³/mol. The van der Waals surface area contributed by atoms with Crippen LogP contribution >= 0.6 is 24.0 Å². The lowest BCUT2D eigenvalue weighted by Crippen LogP contribution is -2.04. The minimum atomic E-state index is -0.479. The van der Waals surface area contributed by atoms with Gasteiger partial charge in [-0.1, -0.05) is 18.7 Å². The first-order chi connectivity index (χ1) is 9.02. The van der Waals surface area contributed by atoms with Gasteiger partial charge in [-0.2, -0.15) is 0 Å². The van der Waals surface area contributed by atoms with E-state index in [1.165, 1.54) is 36.0 Å². The fourth-order valence-electron chi connectivity index (χ4n) is 1.19. The van der Waals surface area contributed by atoms with Gasteiger partial charge < -0.3 is 4.74 Å². The van der Waals surface area contributed by atoms with Crippen molar-refractivity contribution in [2.45, 2.75) is 19.8 Å². The molecule has 5 nitrogen and oxygen atoms in total. The summed E-state index contributed by atoms with van der Waals surface area (Å²) in [7, 11) is 0. The molecule has 102 valence electrons. The van der Waals surface area contributed by atoms with Crippen molar-refractivity contribution in [1.29, 1.82) is 0 Å². The van der Waals surface area contributed by atoms with Crippen LogP contribution in [0.4, 0.5) is 5.69 Å². The Balaban J connectivity index is 2.40. The van der Waals surface area contributed by atoms with Crippen molar-refractivity contribution in [3.63, 3.8) is 0 Å². The Morgan fingerprint density at radius 1 is 1.42 bits per heavy atom. The number of rotatable bonds is 6. The largest absolute Gasteiger partial charge is 0.440 e. The zero-order valence-corrected chi connectivity index (χ0v) is 12.0. The van der Waals surface area contributed by atoms with E-state index in [1.807, 2.05) is 6.92 Å². The maximum atomic E-state index is 11.1. The molecule has 0 aliphatic carbocycles. The molecule has 1 aromatic carbocycles. The Kier molecular flexibility index (Phi) is 6.44. The van der Waals surface area contributed by atoms with E-state index >= 15 is 0 Å². The molecule has 0 fully saturated rings. The average molecular weight is 299 g/mol. The summed E-state index contributed by atoms with van der Waals surface area (Å²) in [6.07, 6.45) is 0.988. The number of nitrogens with zero attached hydrogens (tertiary/aromatic N) is 1. The van der Waals surface area contributed by atoms with E-state index in [0.717, 1.165) is 0 Å². The summed E-state index contributed by atoms with van der Waals surface area (Å²) < 4.78 is 5.63. The number of ketones is 1. The Bertz CT molecular complexity index is 473. The standard InChI is InChI=1S/C12H13NO4S2/c1-2-10(14)7-8-19-12(18)17-11-5-3-9(4-6-11)13(15)16/h3-6H,2,7-8H2,1H3. The fourth-order valence-corrected chi connectivity index (χ4v) is 2.18. The second kappa shape index (κ2) is 7.85. The molecule has 0 N–H and O–H groups in total. The van der Waals surface area contributed by atoms with Crippen LogP contribution in [0.15, 0.2) is 24.3 Å². The van der Waals surface area contributed by atoms with Crippen LogP contribution in [-0.4, -0.2) is 20.8 Å². The van der Waals surface area contributed by atoms with Crippen LogP contribution in [0.2, 0.25) is 0 Å². The van der Waals surface area contributed by atoms with Crippen LogP contribution in [0.5, 0.6) is 5.75 Å². The third kappa shape index (κ3) is 5.80. The molecule has 1 rings (SSSR count). The molecule has 0 unspecified atom stereocenters. The summed E-state index contributed by atoms with van der Waals surface area (Å²) in [6.45, 7) is 1.82. The molecule has 0 heterocycles. The molecule has 0 atom stereocenters. The van der Waals surface area contributed by atoms with Gasteiger partial charge in [-0.25, -0.2) is 0 Å². The lowest BCUT2D eigenvalue weighted by Gasteiger charge is -2.05. The summed E-state index contributed by atoms with van der Waals surface area (Å²) in [6, 6.07) is 5.68. The molecule has 0 saturated carbocycles. The number of nitro groups is 1. The second-order valence-electron chi connectivity index (χ2n) is 3.59. The van der Waals surface area contributed by atoms with E-state index in [1.54, 1.807) is 0 Å². The summed E-state index contributed by atoms with van der Waals surface area (Å²) >= 11 is 6.28. The molecule has 0 aliphatic rings. The van der Waals surface area contributed by atoms with Crippen LogP contribution in [0.1, 0.15) is 19.8 Å². The number of benzene rings is 1. The highest BCUT2D eigenvalue weighted by atomic mass is 32.2. The van der Waals surface area contributed by atoms with Gasteiger partial charge >= 0.3 is 0 Å². The number of Topliss-reactive ketones (excluding diaryl/α,β-unsaturated/α-hetero) is 1. The van der Waals surface area contributed by atoms with Crippen molar-refractivity contribution in [2.24, 2.45) is 0 Å². The first kappa shape index (κ1) is 15.6. The minimum Gasteiger partial charge on any atom is -0.440 e. The number of carbonyl (C=O) groups excluding carboxylic acids is 1. The molecule has 19 heavy (non-hydrogen) atoms. The highest BCUT2D eigenvalue weighted by Gasteiger charge is 2.07. The number of thioether (sulfide) groups is 1. The number of non-ortho nitro benzene ring substituents is 1. The molecule has 7 heteroatoms. The Hall–Kier alpha value is -1.47. The predicted octanol–water partition coefficient (Wildman–Crippen LogP) is 3.36. The quantitative estimate of drug-likeness (QED) is 0.456. The summed E-state index contributed by atoms with van der Waals surface area (Å²) in [5, 5.41) is 10.5. The van der Waals surface area contributed by atoms with E-state index < -0.39 is 4.92 Å². The molecule has 1 aromatic rings. The van der Waals surface area contributed by atoms with E-state index in [0.29, 0.717) is 28.7 Å². The van der Waals surface area contributed by atoms with Crippen LogP contribution in [0.3, 0.4) is 0 Å². The number of ether oxygens (including phenoxy) is 1. The molecule has 0 bridgehead atoms. The molecule has 0 spiro atoms. The summed E-state index contributed by atoms with van der Waals surface area (Å²) in [4.78, 5) is 21.1. The number of thiocarbonyl (C=S) groups is 1. The molecule has 0 saturated heterocycles. The third-order valence-electron chi connectivity index (χ3n) is 2.24. The lowest BCUT2D eigenvalue weighted by atomic mass is 10.2. The van der Waals surface area contributed by atoms with Crippen LogP contribution in [0, 0.1) is 10.1 Å². The summed E-state index contributed by atoms with van der Waals surface area (Å²) in [5.74, 6) is 1.22. The lowest BCUT2D eigenvalue weighted by molar-refractivity contribution is -0.384. The monoisotopic (exact) mass is 299 g/mol. The van der Waals surface area contributed by atoms with Gasteiger partial charge in [0.25, 0.3) is 5.69 Å². The topological polar surface area (TPSA) is 69.4 Å². The number of nitro benzene ring substituents is 1. The normalized spacial score (nSPS) is 9.95. The van der Waals surface area contributed by atoms with Gasteiger partial charge in [0, 0.05) is 30.7 Å².